The highest BCUT2D eigenvalue weighted by Crippen LogP contribution is 2.31. The van der Waals surface area contributed by atoms with Crippen LogP contribution in [0.1, 0.15) is 12.5 Å². The van der Waals surface area contributed by atoms with Crippen LogP contribution >= 0.6 is 15.9 Å². The Kier molecular flexibility index (Phi) is 3.01. The van der Waals surface area contributed by atoms with Crippen molar-refractivity contribution in [2.45, 2.75) is 13.8 Å². The molecule has 4 heteroatoms. The first-order valence-electron chi connectivity index (χ1n) is 5.21. The van der Waals surface area contributed by atoms with Gasteiger partial charge in [-0.05, 0) is 31.5 Å². The molecule has 0 saturated heterocycles. The zero-order chi connectivity index (χ0) is 11.7. The molecule has 3 nitrogen and oxygen atoms in total. The van der Waals surface area contributed by atoms with Gasteiger partial charge in [0.25, 0.3) is 0 Å². The van der Waals surface area contributed by atoms with Crippen molar-refractivity contribution < 1.29 is 0 Å². The molecular weight excluding hydrogens is 266 g/mol. The summed E-state index contributed by atoms with van der Waals surface area (Å²) in [5.41, 5.74) is 9.72. The number of anilines is 2. The third-order valence-corrected chi connectivity index (χ3v) is 2.97. The number of pyridine rings is 1. The molecule has 0 aliphatic carbocycles. The van der Waals surface area contributed by atoms with E-state index in [0.717, 1.165) is 33.2 Å². The molecule has 84 valence electrons. The largest absolute Gasteiger partial charge is 0.396 e. The molecule has 1 aromatic heterocycles. The molecule has 0 bridgehead atoms. The fourth-order valence-electron chi connectivity index (χ4n) is 1.83. The van der Waals surface area contributed by atoms with Gasteiger partial charge in [-0.15, -0.1) is 0 Å². The Hall–Kier alpha value is -1.29. The summed E-state index contributed by atoms with van der Waals surface area (Å²) in [6, 6.07) is 4.10. The Morgan fingerprint density at radius 2 is 2.19 bits per heavy atom. The van der Waals surface area contributed by atoms with E-state index in [1.807, 2.05) is 13.0 Å². The van der Waals surface area contributed by atoms with Gasteiger partial charge in [0.05, 0.1) is 23.1 Å². The predicted octanol–water partition coefficient (Wildman–Crippen LogP) is 3.32. The molecule has 0 aliphatic heterocycles. The van der Waals surface area contributed by atoms with Gasteiger partial charge in [0.15, 0.2) is 0 Å². The van der Waals surface area contributed by atoms with Crippen LogP contribution in [0.5, 0.6) is 0 Å². The number of aromatic nitrogens is 1. The first-order valence-corrected chi connectivity index (χ1v) is 6.01. The van der Waals surface area contributed by atoms with Gasteiger partial charge in [-0.2, -0.15) is 0 Å². The maximum Gasteiger partial charge on any atom is 0.0754 e. The van der Waals surface area contributed by atoms with E-state index in [1.54, 1.807) is 6.20 Å². The van der Waals surface area contributed by atoms with E-state index in [0.29, 0.717) is 5.69 Å². The Labute approximate surface area is 103 Å². The van der Waals surface area contributed by atoms with Gasteiger partial charge in [0.1, 0.15) is 0 Å². The van der Waals surface area contributed by atoms with Gasteiger partial charge in [-0.1, -0.05) is 15.9 Å². The van der Waals surface area contributed by atoms with Crippen LogP contribution in [-0.2, 0) is 0 Å². The Morgan fingerprint density at radius 1 is 1.44 bits per heavy atom. The van der Waals surface area contributed by atoms with Crippen LogP contribution in [0.3, 0.4) is 0 Å². The van der Waals surface area contributed by atoms with Crippen LogP contribution in [0.2, 0.25) is 0 Å². The summed E-state index contributed by atoms with van der Waals surface area (Å²) < 4.78 is 1.05. The zero-order valence-electron chi connectivity index (χ0n) is 9.34. The Bertz CT molecular complexity index is 537. The first-order chi connectivity index (χ1) is 7.63. The normalized spacial score (nSPS) is 10.7. The number of aryl methyl sites for hydroxylation is 1. The maximum absolute atomic E-state index is 5.93. The highest BCUT2D eigenvalue weighted by Gasteiger charge is 2.08. The van der Waals surface area contributed by atoms with E-state index in [2.05, 4.69) is 39.2 Å². The summed E-state index contributed by atoms with van der Waals surface area (Å²) >= 11 is 3.50. The van der Waals surface area contributed by atoms with Crippen molar-refractivity contribution in [3.05, 3.63) is 28.4 Å². The minimum atomic E-state index is 0.687. The second-order valence-electron chi connectivity index (χ2n) is 3.74. The van der Waals surface area contributed by atoms with E-state index in [9.17, 15) is 0 Å². The summed E-state index contributed by atoms with van der Waals surface area (Å²) in [6.07, 6.45) is 1.71. The average Bonchev–Trinajstić information content (AvgIpc) is 2.22. The standard InChI is InChI=1S/C12H14BrN3/c1-3-15-12-9-5-8(13)4-7(2)11(9)16-6-10(12)14/h4-6H,3,14H2,1-2H3,(H,15,16). The third-order valence-electron chi connectivity index (χ3n) is 2.51. The van der Waals surface area contributed by atoms with Crippen LogP contribution in [0.15, 0.2) is 22.8 Å². The molecule has 1 heterocycles. The van der Waals surface area contributed by atoms with E-state index < -0.39 is 0 Å². The molecule has 2 aromatic rings. The SMILES string of the molecule is CCNc1c(N)cnc2c(C)cc(Br)cc12. The van der Waals surface area contributed by atoms with Crippen molar-refractivity contribution in [3.63, 3.8) is 0 Å². The molecule has 0 spiro atoms. The van der Waals surface area contributed by atoms with Gasteiger partial charge in [-0.25, -0.2) is 0 Å². The maximum atomic E-state index is 5.93. The predicted molar refractivity (Wildman–Crippen MR) is 72.8 cm³/mol. The lowest BCUT2D eigenvalue weighted by atomic mass is 10.1. The summed E-state index contributed by atoms with van der Waals surface area (Å²) in [4.78, 5) is 4.38. The van der Waals surface area contributed by atoms with Crippen molar-refractivity contribution in [2.75, 3.05) is 17.6 Å². The van der Waals surface area contributed by atoms with Gasteiger partial charge >= 0.3 is 0 Å². The lowest BCUT2D eigenvalue weighted by molar-refractivity contribution is 1.21. The minimum absolute atomic E-state index is 0.687. The summed E-state index contributed by atoms with van der Waals surface area (Å²) in [5, 5.41) is 4.35. The van der Waals surface area contributed by atoms with E-state index >= 15 is 0 Å². The Morgan fingerprint density at radius 3 is 2.88 bits per heavy atom. The van der Waals surface area contributed by atoms with Gasteiger partial charge in [-0.3, -0.25) is 4.98 Å². The van der Waals surface area contributed by atoms with Crippen molar-refractivity contribution in [1.29, 1.82) is 0 Å². The van der Waals surface area contributed by atoms with Crippen LogP contribution in [0.25, 0.3) is 10.9 Å². The Balaban J connectivity index is 2.80. The zero-order valence-corrected chi connectivity index (χ0v) is 10.9. The van der Waals surface area contributed by atoms with E-state index in [-0.39, 0.29) is 0 Å². The van der Waals surface area contributed by atoms with Gasteiger partial charge in [0, 0.05) is 16.4 Å². The molecule has 16 heavy (non-hydrogen) atoms. The third kappa shape index (κ3) is 1.85. The summed E-state index contributed by atoms with van der Waals surface area (Å²) in [6.45, 7) is 4.94. The van der Waals surface area contributed by atoms with E-state index in [4.69, 9.17) is 5.73 Å². The molecule has 0 atom stereocenters. The second kappa shape index (κ2) is 4.29. The molecule has 0 saturated carbocycles. The number of hydrogen-bond donors (Lipinski definition) is 2. The lowest BCUT2D eigenvalue weighted by Crippen LogP contribution is -2.03. The molecule has 0 amide bonds. The fraction of sp³-hybridized carbons (Fsp3) is 0.250. The van der Waals surface area contributed by atoms with Gasteiger partial charge < -0.3 is 11.1 Å². The number of nitrogens with one attached hydrogen (secondary N) is 1. The lowest BCUT2D eigenvalue weighted by Gasteiger charge is -2.12. The number of hydrogen-bond acceptors (Lipinski definition) is 3. The quantitative estimate of drug-likeness (QED) is 0.887. The monoisotopic (exact) mass is 279 g/mol. The van der Waals surface area contributed by atoms with Crippen LogP contribution < -0.4 is 11.1 Å². The van der Waals surface area contributed by atoms with Crippen molar-refractivity contribution >= 4 is 38.2 Å². The van der Waals surface area contributed by atoms with Crippen LogP contribution in [-0.4, -0.2) is 11.5 Å². The number of halogens is 1. The molecule has 0 unspecified atom stereocenters. The van der Waals surface area contributed by atoms with E-state index in [1.165, 1.54) is 0 Å². The number of benzene rings is 1. The minimum Gasteiger partial charge on any atom is -0.396 e. The van der Waals surface area contributed by atoms with Crippen molar-refractivity contribution in [1.82, 2.24) is 4.98 Å². The molecule has 3 N–H and O–H groups in total. The number of nitrogens with zero attached hydrogens (tertiary/aromatic N) is 1. The highest BCUT2D eigenvalue weighted by molar-refractivity contribution is 9.10. The topological polar surface area (TPSA) is 50.9 Å². The average molecular weight is 280 g/mol. The molecule has 1 aromatic carbocycles. The second-order valence-corrected chi connectivity index (χ2v) is 4.65. The molecule has 0 aliphatic rings. The number of rotatable bonds is 2. The van der Waals surface area contributed by atoms with Crippen LogP contribution in [0, 0.1) is 6.92 Å². The summed E-state index contributed by atoms with van der Waals surface area (Å²) in [5.74, 6) is 0. The molecule has 0 fully saturated rings. The van der Waals surface area contributed by atoms with Gasteiger partial charge in [0.2, 0.25) is 0 Å². The highest BCUT2D eigenvalue weighted by atomic mass is 79.9. The number of nitrogens with two attached hydrogens (primary N) is 1. The summed E-state index contributed by atoms with van der Waals surface area (Å²) in [7, 11) is 0. The van der Waals surface area contributed by atoms with Crippen LogP contribution in [0.4, 0.5) is 11.4 Å². The number of nitrogen functional groups attached to an aromatic ring is 1. The molecular formula is C12H14BrN3. The molecule has 2 rings (SSSR count). The fourth-order valence-corrected chi connectivity index (χ4v) is 2.40. The first kappa shape index (κ1) is 11.2. The van der Waals surface area contributed by atoms with Crippen molar-refractivity contribution in [2.24, 2.45) is 0 Å². The smallest absolute Gasteiger partial charge is 0.0754 e. The molecule has 0 radical (unpaired) electrons. The number of fused-ring (bicyclic) bond motifs is 1. The van der Waals surface area contributed by atoms with Crippen molar-refractivity contribution in [3.8, 4) is 0 Å².